The molecular weight excluding hydrogens is 332 g/mol. The predicted molar refractivity (Wildman–Crippen MR) is 110 cm³/mol. The quantitative estimate of drug-likeness (QED) is 0.485. The summed E-state index contributed by atoms with van der Waals surface area (Å²) in [4.78, 5) is 4.84. The van der Waals surface area contributed by atoms with Crippen LogP contribution >= 0.6 is 0 Å². The lowest BCUT2D eigenvalue weighted by Gasteiger charge is -2.08. The molecule has 4 heteroatoms. The van der Waals surface area contributed by atoms with Gasteiger partial charge in [-0.25, -0.2) is 9.67 Å². The summed E-state index contributed by atoms with van der Waals surface area (Å²) in [6, 6.07) is 28.7. The number of nitrogens with one attached hydrogen (secondary N) is 1. The summed E-state index contributed by atoms with van der Waals surface area (Å²) < 4.78 is 1.92. The average molecular weight is 350 g/mol. The maximum atomic E-state index is 4.84. The Balaban J connectivity index is 1.65. The van der Waals surface area contributed by atoms with Crippen LogP contribution in [0.25, 0.3) is 27.5 Å². The molecule has 0 aliphatic heterocycles. The highest BCUT2D eigenvalue weighted by molar-refractivity contribution is 6.08. The Kier molecular flexibility index (Phi) is 3.79. The lowest BCUT2D eigenvalue weighted by atomic mass is 10.1. The van der Waals surface area contributed by atoms with E-state index in [9.17, 15) is 0 Å². The van der Waals surface area contributed by atoms with Crippen molar-refractivity contribution in [3.8, 4) is 5.69 Å². The van der Waals surface area contributed by atoms with E-state index in [0.717, 1.165) is 33.3 Å². The van der Waals surface area contributed by atoms with Crippen LogP contribution < -0.4 is 5.32 Å². The first-order valence-corrected chi connectivity index (χ1v) is 9.00. The van der Waals surface area contributed by atoms with Crippen LogP contribution in [-0.4, -0.2) is 14.8 Å². The van der Waals surface area contributed by atoms with Gasteiger partial charge in [0.2, 0.25) is 0 Å². The molecule has 0 aliphatic carbocycles. The largest absolute Gasteiger partial charge is 0.364 e. The van der Waals surface area contributed by atoms with Crippen molar-refractivity contribution in [1.82, 2.24) is 14.8 Å². The molecule has 0 atom stereocenters. The van der Waals surface area contributed by atoms with E-state index in [4.69, 9.17) is 10.1 Å². The normalized spacial score (nSPS) is 11.1. The molecule has 0 radical (unpaired) electrons. The van der Waals surface area contributed by atoms with Gasteiger partial charge in [-0.1, -0.05) is 66.7 Å². The molecule has 2 aromatic heterocycles. The Labute approximate surface area is 157 Å². The van der Waals surface area contributed by atoms with Gasteiger partial charge in [-0.2, -0.15) is 5.10 Å². The maximum Gasteiger partial charge on any atom is 0.155 e. The SMILES string of the molecule is c1ccc(CNc2nc3ccccc3c3cn(-c4ccccc4)nc23)cc1. The smallest absolute Gasteiger partial charge is 0.155 e. The van der Waals surface area contributed by atoms with Crippen molar-refractivity contribution in [3.63, 3.8) is 0 Å². The standard InChI is InChI=1S/C23H18N4/c1-3-9-17(10-4-1)15-24-23-22-20(19-13-7-8-14-21(19)25-23)16-27(26-22)18-11-5-2-6-12-18/h1-14,16H,15H2,(H,24,25). The minimum absolute atomic E-state index is 0.708. The Bertz CT molecular complexity index is 1210. The predicted octanol–water partition coefficient (Wildman–Crippen LogP) is 5.19. The van der Waals surface area contributed by atoms with Crippen molar-refractivity contribution in [2.45, 2.75) is 6.54 Å². The van der Waals surface area contributed by atoms with Crippen LogP contribution in [0.1, 0.15) is 5.56 Å². The Hall–Kier alpha value is -3.66. The number of pyridine rings is 1. The summed E-state index contributed by atoms with van der Waals surface area (Å²) >= 11 is 0. The molecule has 0 aliphatic rings. The van der Waals surface area contributed by atoms with Gasteiger partial charge in [-0.15, -0.1) is 0 Å². The van der Waals surface area contributed by atoms with Crippen LogP contribution in [0.4, 0.5) is 5.82 Å². The zero-order valence-electron chi connectivity index (χ0n) is 14.7. The minimum atomic E-state index is 0.708. The first kappa shape index (κ1) is 15.6. The fourth-order valence-electron chi connectivity index (χ4n) is 3.34. The zero-order valence-corrected chi connectivity index (χ0v) is 14.7. The van der Waals surface area contributed by atoms with E-state index < -0.39 is 0 Å². The van der Waals surface area contributed by atoms with Crippen LogP contribution in [-0.2, 0) is 6.54 Å². The molecule has 3 aromatic carbocycles. The molecule has 27 heavy (non-hydrogen) atoms. The molecule has 0 saturated carbocycles. The second-order valence-electron chi connectivity index (χ2n) is 6.49. The molecule has 2 heterocycles. The highest BCUT2D eigenvalue weighted by atomic mass is 15.3. The molecule has 0 fully saturated rings. The summed E-state index contributed by atoms with van der Waals surface area (Å²) in [6.45, 7) is 0.708. The highest BCUT2D eigenvalue weighted by Gasteiger charge is 2.13. The first-order valence-electron chi connectivity index (χ1n) is 9.00. The number of para-hydroxylation sites is 2. The summed E-state index contributed by atoms with van der Waals surface area (Å²) in [7, 11) is 0. The molecule has 0 spiro atoms. The van der Waals surface area contributed by atoms with Gasteiger partial charge < -0.3 is 5.32 Å². The molecule has 4 nitrogen and oxygen atoms in total. The summed E-state index contributed by atoms with van der Waals surface area (Å²) in [5.74, 6) is 0.808. The van der Waals surface area contributed by atoms with Crippen molar-refractivity contribution in [2.75, 3.05) is 5.32 Å². The third-order valence-electron chi connectivity index (χ3n) is 4.69. The molecular formula is C23H18N4. The molecule has 5 aromatic rings. The van der Waals surface area contributed by atoms with Gasteiger partial charge in [-0.3, -0.25) is 0 Å². The van der Waals surface area contributed by atoms with E-state index in [-0.39, 0.29) is 0 Å². The van der Waals surface area contributed by atoms with Gasteiger partial charge >= 0.3 is 0 Å². The van der Waals surface area contributed by atoms with Gasteiger partial charge in [0.05, 0.1) is 11.2 Å². The number of benzene rings is 3. The van der Waals surface area contributed by atoms with Gasteiger partial charge in [0.25, 0.3) is 0 Å². The molecule has 0 saturated heterocycles. The number of fused-ring (bicyclic) bond motifs is 3. The number of anilines is 1. The van der Waals surface area contributed by atoms with E-state index in [1.807, 2.05) is 59.3 Å². The van der Waals surface area contributed by atoms with Crippen LogP contribution in [0.3, 0.4) is 0 Å². The molecule has 1 N–H and O–H groups in total. The van der Waals surface area contributed by atoms with Crippen molar-refractivity contribution in [2.24, 2.45) is 0 Å². The number of aromatic nitrogens is 3. The number of hydrogen-bond donors (Lipinski definition) is 1. The van der Waals surface area contributed by atoms with Crippen molar-refractivity contribution in [3.05, 3.63) is 96.7 Å². The van der Waals surface area contributed by atoms with Gasteiger partial charge in [0, 0.05) is 23.5 Å². The second kappa shape index (κ2) is 6.57. The third-order valence-corrected chi connectivity index (χ3v) is 4.69. The van der Waals surface area contributed by atoms with E-state index in [1.165, 1.54) is 5.56 Å². The van der Waals surface area contributed by atoms with E-state index >= 15 is 0 Å². The van der Waals surface area contributed by atoms with Crippen molar-refractivity contribution >= 4 is 27.6 Å². The summed E-state index contributed by atoms with van der Waals surface area (Å²) in [5.41, 5.74) is 4.09. The van der Waals surface area contributed by atoms with Gasteiger partial charge in [0.1, 0.15) is 5.52 Å². The highest BCUT2D eigenvalue weighted by Crippen LogP contribution is 2.29. The molecule has 5 rings (SSSR count). The lowest BCUT2D eigenvalue weighted by Crippen LogP contribution is -2.02. The van der Waals surface area contributed by atoms with Crippen LogP contribution in [0, 0.1) is 0 Å². The molecule has 0 amide bonds. The van der Waals surface area contributed by atoms with Gasteiger partial charge in [0.15, 0.2) is 5.82 Å². The molecule has 0 bridgehead atoms. The summed E-state index contributed by atoms with van der Waals surface area (Å²) in [6.07, 6.45) is 2.09. The Morgan fingerprint density at radius 2 is 1.44 bits per heavy atom. The molecule has 130 valence electrons. The van der Waals surface area contributed by atoms with Crippen molar-refractivity contribution in [1.29, 1.82) is 0 Å². The van der Waals surface area contributed by atoms with E-state index in [1.54, 1.807) is 0 Å². The minimum Gasteiger partial charge on any atom is -0.364 e. The first-order chi connectivity index (χ1) is 13.4. The Morgan fingerprint density at radius 1 is 0.741 bits per heavy atom. The number of nitrogens with zero attached hydrogens (tertiary/aromatic N) is 3. The van der Waals surface area contributed by atoms with Crippen LogP contribution in [0.15, 0.2) is 91.1 Å². The zero-order chi connectivity index (χ0) is 18.1. The van der Waals surface area contributed by atoms with E-state index in [0.29, 0.717) is 6.54 Å². The number of rotatable bonds is 4. The monoisotopic (exact) mass is 350 g/mol. The third kappa shape index (κ3) is 2.91. The van der Waals surface area contributed by atoms with Crippen LogP contribution in [0.2, 0.25) is 0 Å². The fourth-order valence-corrected chi connectivity index (χ4v) is 3.34. The van der Waals surface area contributed by atoms with Crippen LogP contribution in [0.5, 0.6) is 0 Å². The van der Waals surface area contributed by atoms with E-state index in [2.05, 4.69) is 41.8 Å². The number of hydrogen-bond acceptors (Lipinski definition) is 3. The maximum absolute atomic E-state index is 4.84. The topological polar surface area (TPSA) is 42.7 Å². The average Bonchev–Trinajstić information content (AvgIpc) is 3.19. The second-order valence-corrected chi connectivity index (χ2v) is 6.49. The van der Waals surface area contributed by atoms with Crippen molar-refractivity contribution < 1.29 is 0 Å². The fraction of sp³-hybridized carbons (Fsp3) is 0.0435. The lowest BCUT2D eigenvalue weighted by molar-refractivity contribution is 0.895. The molecule has 0 unspecified atom stereocenters. The Morgan fingerprint density at radius 3 is 2.26 bits per heavy atom. The summed E-state index contributed by atoms with van der Waals surface area (Å²) in [5, 5.41) is 10.5. The van der Waals surface area contributed by atoms with Gasteiger partial charge in [-0.05, 0) is 23.8 Å².